The largest absolute Gasteiger partial charge is 0.472 e. The molecule has 0 bridgehead atoms. The van der Waals surface area contributed by atoms with Crippen LogP contribution in [0.3, 0.4) is 0 Å². The Kier molecular flexibility index (Phi) is 5.10. The molecular formula is C9H16BrN3O2S. The topological polar surface area (TPSA) is 67.3 Å². The number of hydrogen-bond donors (Lipinski definition) is 2. The summed E-state index contributed by atoms with van der Waals surface area (Å²) >= 11 is 4.27. The average Bonchev–Trinajstić information content (AvgIpc) is 2.57. The van der Waals surface area contributed by atoms with Crippen molar-refractivity contribution in [2.75, 3.05) is 13.2 Å². The fourth-order valence-corrected chi connectivity index (χ4v) is 1.83. The molecule has 1 rings (SSSR count). The molecule has 0 saturated heterocycles. The highest BCUT2D eigenvalue weighted by Gasteiger charge is 2.14. The molecule has 0 aliphatic heterocycles. The summed E-state index contributed by atoms with van der Waals surface area (Å²) in [5.41, 5.74) is -0.0102. The van der Waals surface area contributed by atoms with E-state index < -0.39 is 6.10 Å². The van der Waals surface area contributed by atoms with Gasteiger partial charge in [-0.1, -0.05) is 0 Å². The van der Waals surface area contributed by atoms with Gasteiger partial charge in [-0.2, -0.15) is 4.37 Å². The van der Waals surface area contributed by atoms with Gasteiger partial charge in [0.2, 0.25) is 0 Å². The summed E-state index contributed by atoms with van der Waals surface area (Å²) in [6, 6.07) is 0. The number of rotatable bonds is 5. The lowest BCUT2D eigenvalue weighted by Crippen LogP contribution is -2.42. The van der Waals surface area contributed by atoms with Crippen LogP contribution in [-0.4, -0.2) is 38.6 Å². The fraction of sp³-hybridized carbons (Fsp3) is 0.778. The van der Waals surface area contributed by atoms with Gasteiger partial charge in [0.25, 0.3) is 5.88 Å². The van der Waals surface area contributed by atoms with E-state index in [1.807, 2.05) is 20.8 Å². The van der Waals surface area contributed by atoms with E-state index in [0.29, 0.717) is 17.0 Å². The maximum absolute atomic E-state index is 9.65. The molecule has 1 unspecified atom stereocenters. The van der Waals surface area contributed by atoms with Gasteiger partial charge in [-0.25, -0.2) is 0 Å². The van der Waals surface area contributed by atoms with Gasteiger partial charge in [-0.15, -0.1) is 4.37 Å². The zero-order valence-corrected chi connectivity index (χ0v) is 11.9. The molecule has 0 aromatic carbocycles. The summed E-state index contributed by atoms with van der Waals surface area (Å²) in [5, 5.41) is 12.8. The van der Waals surface area contributed by atoms with Crippen molar-refractivity contribution in [2.24, 2.45) is 0 Å². The molecule has 16 heavy (non-hydrogen) atoms. The number of hydrogen-bond acceptors (Lipinski definition) is 6. The van der Waals surface area contributed by atoms with E-state index in [2.05, 4.69) is 30.0 Å². The minimum absolute atomic E-state index is 0.0102. The van der Waals surface area contributed by atoms with Gasteiger partial charge >= 0.3 is 0 Å². The lowest BCUT2D eigenvalue weighted by molar-refractivity contribution is 0.0978. The first-order valence-electron chi connectivity index (χ1n) is 4.92. The monoisotopic (exact) mass is 309 g/mol. The molecule has 1 heterocycles. The lowest BCUT2D eigenvalue weighted by Gasteiger charge is -2.22. The molecule has 0 aliphatic carbocycles. The standard InChI is InChI=1S/C9H16BrN3O2S/c1-9(2,3)11-4-6(14)5-15-8-7(10)12-16-13-8/h6,11,14H,4-5H2,1-3H3. The van der Waals surface area contributed by atoms with Crippen molar-refractivity contribution < 1.29 is 9.84 Å². The Morgan fingerprint density at radius 1 is 1.50 bits per heavy atom. The molecule has 2 N–H and O–H groups in total. The number of ether oxygens (including phenoxy) is 1. The number of halogens is 1. The van der Waals surface area contributed by atoms with Crippen molar-refractivity contribution in [1.29, 1.82) is 0 Å². The quantitative estimate of drug-likeness (QED) is 0.861. The number of aliphatic hydroxyl groups excluding tert-OH is 1. The van der Waals surface area contributed by atoms with Gasteiger partial charge in [0, 0.05) is 12.1 Å². The Morgan fingerprint density at radius 2 is 2.19 bits per heavy atom. The van der Waals surface area contributed by atoms with Crippen LogP contribution in [0.2, 0.25) is 0 Å². The minimum Gasteiger partial charge on any atom is -0.472 e. The Morgan fingerprint density at radius 3 is 2.69 bits per heavy atom. The molecular weight excluding hydrogens is 294 g/mol. The average molecular weight is 310 g/mol. The zero-order valence-electron chi connectivity index (χ0n) is 9.53. The third-order valence-electron chi connectivity index (χ3n) is 1.70. The first kappa shape index (κ1) is 13.8. The highest BCUT2D eigenvalue weighted by Crippen LogP contribution is 2.21. The van der Waals surface area contributed by atoms with E-state index in [9.17, 15) is 5.11 Å². The number of β-amino-alcohol motifs (C(OH)–C–C–N with tert-alkyl or cyclic N) is 1. The minimum atomic E-state index is -0.562. The Balaban J connectivity index is 2.25. The van der Waals surface area contributed by atoms with E-state index in [-0.39, 0.29) is 12.1 Å². The molecule has 0 radical (unpaired) electrons. The Hall–Kier alpha value is -0.240. The van der Waals surface area contributed by atoms with Gasteiger partial charge in [-0.3, -0.25) is 0 Å². The van der Waals surface area contributed by atoms with Crippen LogP contribution in [0.4, 0.5) is 0 Å². The third kappa shape index (κ3) is 5.20. The normalized spacial score (nSPS) is 13.8. The molecule has 1 aromatic rings. The number of aliphatic hydroxyl groups is 1. The smallest absolute Gasteiger partial charge is 0.260 e. The van der Waals surface area contributed by atoms with Gasteiger partial charge in [0.1, 0.15) is 12.7 Å². The van der Waals surface area contributed by atoms with Gasteiger partial charge < -0.3 is 15.2 Å². The first-order chi connectivity index (χ1) is 7.38. The van der Waals surface area contributed by atoms with Gasteiger partial charge in [0.15, 0.2) is 4.60 Å². The summed E-state index contributed by atoms with van der Waals surface area (Å²) in [4.78, 5) is 0. The van der Waals surface area contributed by atoms with E-state index in [0.717, 1.165) is 11.7 Å². The van der Waals surface area contributed by atoms with Crippen LogP contribution in [0.25, 0.3) is 0 Å². The van der Waals surface area contributed by atoms with Crippen LogP contribution in [0.15, 0.2) is 4.60 Å². The van der Waals surface area contributed by atoms with Crippen LogP contribution in [0.1, 0.15) is 20.8 Å². The molecule has 0 amide bonds. The number of nitrogens with zero attached hydrogens (tertiary/aromatic N) is 2. The van der Waals surface area contributed by atoms with Crippen LogP contribution >= 0.6 is 27.7 Å². The van der Waals surface area contributed by atoms with E-state index >= 15 is 0 Å². The molecule has 7 heteroatoms. The summed E-state index contributed by atoms with van der Waals surface area (Å²) in [5.74, 6) is 0.430. The molecule has 1 atom stereocenters. The highest BCUT2D eigenvalue weighted by molar-refractivity contribution is 9.10. The maximum atomic E-state index is 9.65. The maximum Gasteiger partial charge on any atom is 0.260 e. The van der Waals surface area contributed by atoms with Crippen LogP contribution in [0.5, 0.6) is 5.88 Å². The second-order valence-corrected chi connectivity index (χ2v) is 5.74. The van der Waals surface area contributed by atoms with E-state index in [1.165, 1.54) is 0 Å². The van der Waals surface area contributed by atoms with Crippen molar-refractivity contribution in [1.82, 2.24) is 14.1 Å². The van der Waals surface area contributed by atoms with Gasteiger partial charge in [0.05, 0.1) is 11.7 Å². The van der Waals surface area contributed by atoms with Crippen molar-refractivity contribution in [3.05, 3.63) is 4.60 Å². The fourth-order valence-electron chi connectivity index (χ4n) is 0.914. The van der Waals surface area contributed by atoms with E-state index in [4.69, 9.17) is 4.74 Å². The summed E-state index contributed by atoms with van der Waals surface area (Å²) in [7, 11) is 0. The molecule has 0 aliphatic rings. The Bertz CT molecular complexity index is 327. The molecule has 5 nitrogen and oxygen atoms in total. The van der Waals surface area contributed by atoms with Crippen molar-refractivity contribution in [3.8, 4) is 5.88 Å². The van der Waals surface area contributed by atoms with Crippen LogP contribution in [0, 0.1) is 0 Å². The predicted octanol–water partition coefficient (Wildman–Crippen LogP) is 1.43. The van der Waals surface area contributed by atoms with Crippen molar-refractivity contribution >= 4 is 27.7 Å². The molecule has 92 valence electrons. The van der Waals surface area contributed by atoms with Crippen molar-refractivity contribution in [2.45, 2.75) is 32.4 Å². The highest BCUT2D eigenvalue weighted by atomic mass is 79.9. The molecule has 0 saturated carbocycles. The summed E-state index contributed by atoms with van der Waals surface area (Å²) in [6.45, 7) is 6.82. The summed E-state index contributed by atoms with van der Waals surface area (Å²) in [6.07, 6.45) is -0.562. The van der Waals surface area contributed by atoms with Crippen molar-refractivity contribution in [3.63, 3.8) is 0 Å². The molecule has 0 fully saturated rings. The van der Waals surface area contributed by atoms with Crippen LogP contribution in [-0.2, 0) is 0 Å². The zero-order chi connectivity index (χ0) is 12.2. The lowest BCUT2D eigenvalue weighted by atomic mass is 10.1. The third-order valence-corrected chi connectivity index (χ3v) is 2.96. The second-order valence-electron chi connectivity index (χ2n) is 4.46. The number of aromatic nitrogens is 2. The second kappa shape index (κ2) is 5.90. The predicted molar refractivity (Wildman–Crippen MR) is 66.9 cm³/mol. The Labute approximate surface area is 108 Å². The van der Waals surface area contributed by atoms with E-state index in [1.54, 1.807) is 0 Å². The van der Waals surface area contributed by atoms with Crippen LogP contribution < -0.4 is 10.1 Å². The molecule has 1 aromatic heterocycles. The van der Waals surface area contributed by atoms with Gasteiger partial charge in [-0.05, 0) is 36.7 Å². The first-order valence-corrected chi connectivity index (χ1v) is 6.45. The number of nitrogens with one attached hydrogen (secondary N) is 1. The molecule has 0 spiro atoms. The SMILES string of the molecule is CC(C)(C)NCC(O)COc1nsnc1Br. The summed E-state index contributed by atoms with van der Waals surface area (Å²) < 4.78 is 13.7.